The summed E-state index contributed by atoms with van der Waals surface area (Å²) in [4.78, 5) is 4.85. The predicted octanol–water partition coefficient (Wildman–Crippen LogP) is 2.45. The summed E-state index contributed by atoms with van der Waals surface area (Å²) in [6.07, 6.45) is 5.31. The predicted molar refractivity (Wildman–Crippen MR) is 102 cm³/mol. The van der Waals surface area contributed by atoms with Crippen LogP contribution in [0.25, 0.3) is 0 Å². The van der Waals surface area contributed by atoms with E-state index < -0.39 is 0 Å². The van der Waals surface area contributed by atoms with Crippen LogP contribution < -0.4 is 5.32 Å². The van der Waals surface area contributed by atoms with Crippen LogP contribution in [0.5, 0.6) is 0 Å². The molecule has 2 heterocycles. The standard InChI is InChI=1S/C20H31N5/c1-16(17-8-6-5-7-9-17)25-11-10-19(15-25)21-13-20(23(2)3)18-12-22-24(4)14-18/h5-9,12,14,16,19-21H,10-11,13,15H2,1-4H3. The van der Waals surface area contributed by atoms with Gasteiger partial charge in [0.2, 0.25) is 0 Å². The quantitative estimate of drug-likeness (QED) is 0.839. The lowest BCUT2D eigenvalue weighted by atomic mass is 10.1. The summed E-state index contributed by atoms with van der Waals surface area (Å²) in [6, 6.07) is 12.2. The van der Waals surface area contributed by atoms with E-state index >= 15 is 0 Å². The van der Waals surface area contributed by atoms with Crippen LogP contribution in [-0.4, -0.2) is 59.4 Å². The number of likely N-dealkylation sites (N-methyl/N-ethyl adjacent to an activating group) is 1. The molecule has 1 aliphatic rings. The van der Waals surface area contributed by atoms with Gasteiger partial charge < -0.3 is 10.2 Å². The first-order valence-corrected chi connectivity index (χ1v) is 9.22. The van der Waals surface area contributed by atoms with Gasteiger partial charge in [-0.3, -0.25) is 9.58 Å². The van der Waals surface area contributed by atoms with Crippen molar-refractivity contribution in [2.75, 3.05) is 33.7 Å². The minimum absolute atomic E-state index is 0.356. The van der Waals surface area contributed by atoms with E-state index in [4.69, 9.17) is 0 Å². The maximum Gasteiger partial charge on any atom is 0.0538 e. The molecule has 1 aliphatic heterocycles. The molecule has 0 amide bonds. The zero-order valence-electron chi connectivity index (χ0n) is 15.9. The van der Waals surface area contributed by atoms with E-state index in [0.29, 0.717) is 18.1 Å². The second-order valence-electron chi connectivity index (χ2n) is 7.40. The first-order chi connectivity index (χ1) is 12.0. The molecular formula is C20H31N5. The molecule has 1 aromatic carbocycles. The van der Waals surface area contributed by atoms with Crippen molar-refractivity contribution in [2.45, 2.75) is 31.5 Å². The molecule has 5 heteroatoms. The molecule has 3 unspecified atom stereocenters. The van der Waals surface area contributed by atoms with Crippen LogP contribution in [0.1, 0.15) is 36.6 Å². The minimum atomic E-state index is 0.356. The molecule has 2 aromatic rings. The van der Waals surface area contributed by atoms with Crippen molar-refractivity contribution in [1.29, 1.82) is 0 Å². The van der Waals surface area contributed by atoms with Crippen LogP contribution in [0, 0.1) is 0 Å². The number of likely N-dealkylation sites (tertiary alicyclic amines) is 1. The minimum Gasteiger partial charge on any atom is -0.311 e. The highest BCUT2D eigenvalue weighted by atomic mass is 15.3. The number of rotatable bonds is 7. The third kappa shape index (κ3) is 4.48. The number of hydrogen-bond donors (Lipinski definition) is 1. The molecule has 136 valence electrons. The van der Waals surface area contributed by atoms with Gasteiger partial charge in [0.25, 0.3) is 0 Å². The number of aryl methyl sites for hydroxylation is 1. The molecule has 3 atom stereocenters. The van der Waals surface area contributed by atoms with Crippen LogP contribution in [0.3, 0.4) is 0 Å². The van der Waals surface area contributed by atoms with E-state index in [1.165, 1.54) is 17.5 Å². The van der Waals surface area contributed by atoms with Gasteiger partial charge in [-0.25, -0.2) is 0 Å². The summed E-state index contributed by atoms with van der Waals surface area (Å²) >= 11 is 0. The molecule has 0 spiro atoms. The van der Waals surface area contributed by atoms with Gasteiger partial charge in [0.05, 0.1) is 6.20 Å². The maximum absolute atomic E-state index is 4.32. The molecule has 25 heavy (non-hydrogen) atoms. The Morgan fingerprint density at radius 3 is 2.64 bits per heavy atom. The fourth-order valence-electron chi connectivity index (χ4n) is 3.74. The second-order valence-corrected chi connectivity index (χ2v) is 7.40. The third-order valence-corrected chi connectivity index (χ3v) is 5.38. The number of nitrogens with one attached hydrogen (secondary N) is 1. The lowest BCUT2D eigenvalue weighted by Crippen LogP contribution is -2.39. The highest BCUT2D eigenvalue weighted by Crippen LogP contribution is 2.25. The van der Waals surface area contributed by atoms with Crippen molar-refractivity contribution in [1.82, 2.24) is 24.9 Å². The molecule has 3 rings (SSSR count). The summed E-state index contributed by atoms with van der Waals surface area (Å²) in [5.41, 5.74) is 2.68. The number of nitrogens with zero attached hydrogens (tertiary/aromatic N) is 4. The average Bonchev–Trinajstić information content (AvgIpc) is 3.24. The highest BCUT2D eigenvalue weighted by Gasteiger charge is 2.27. The van der Waals surface area contributed by atoms with Crippen molar-refractivity contribution in [3.8, 4) is 0 Å². The molecule has 5 nitrogen and oxygen atoms in total. The summed E-state index contributed by atoms with van der Waals surface area (Å²) in [5, 5.41) is 8.11. The van der Waals surface area contributed by atoms with Gasteiger partial charge >= 0.3 is 0 Å². The normalized spacial score (nSPS) is 20.9. The van der Waals surface area contributed by atoms with Crippen LogP contribution >= 0.6 is 0 Å². The first-order valence-electron chi connectivity index (χ1n) is 9.22. The van der Waals surface area contributed by atoms with Gasteiger partial charge in [0.15, 0.2) is 0 Å². The van der Waals surface area contributed by atoms with Crippen molar-refractivity contribution < 1.29 is 0 Å². The molecular weight excluding hydrogens is 310 g/mol. The zero-order valence-corrected chi connectivity index (χ0v) is 15.9. The van der Waals surface area contributed by atoms with E-state index in [0.717, 1.165) is 19.6 Å². The van der Waals surface area contributed by atoms with Crippen molar-refractivity contribution >= 4 is 0 Å². The van der Waals surface area contributed by atoms with Gasteiger partial charge in [-0.05, 0) is 33.0 Å². The summed E-state index contributed by atoms with van der Waals surface area (Å²) < 4.78 is 1.88. The molecule has 1 N–H and O–H groups in total. The summed E-state index contributed by atoms with van der Waals surface area (Å²) in [7, 11) is 6.25. The molecule has 1 aromatic heterocycles. The Labute approximate surface area is 151 Å². The lowest BCUT2D eigenvalue weighted by molar-refractivity contribution is 0.247. The average molecular weight is 342 g/mol. The van der Waals surface area contributed by atoms with Gasteiger partial charge in [-0.1, -0.05) is 30.3 Å². The van der Waals surface area contributed by atoms with E-state index in [-0.39, 0.29) is 0 Å². The van der Waals surface area contributed by atoms with E-state index in [1.54, 1.807) is 0 Å². The number of aromatic nitrogens is 2. The van der Waals surface area contributed by atoms with Gasteiger partial charge in [-0.15, -0.1) is 0 Å². The number of benzene rings is 1. The Kier molecular flexibility index (Phi) is 5.89. The smallest absolute Gasteiger partial charge is 0.0538 e. The van der Waals surface area contributed by atoms with Crippen LogP contribution in [-0.2, 0) is 7.05 Å². The fraction of sp³-hybridized carbons (Fsp3) is 0.550. The monoisotopic (exact) mass is 341 g/mol. The Bertz CT molecular complexity index is 651. The van der Waals surface area contributed by atoms with E-state index in [9.17, 15) is 0 Å². The molecule has 0 aliphatic carbocycles. The molecule has 0 saturated carbocycles. The SMILES string of the molecule is CC(c1ccccc1)N1CCC(NCC(c2cnn(C)c2)N(C)C)C1. The summed E-state index contributed by atoms with van der Waals surface area (Å²) in [5.74, 6) is 0. The Balaban J connectivity index is 1.54. The summed E-state index contributed by atoms with van der Waals surface area (Å²) in [6.45, 7) is 5.55. The van der Waals surface area contributed by atoms with Crippen molar-refractivity contribution in [3.63, 3.8) is 0 Å². The fourth-order valence-corrected chi connectivity index (χ4v) is 3.74. The molecule has 1 fully saturated rings. The largest absolute Gasteiger partial charge is 0.311 e. The van der Waals surface area contributed by atoms with Crippen LogP contribution in [0.15, 0.2) is 42.7 Å². The Morgan fingerprint density at radius 2 is 2.00 bits per heavy atom. The van der Waals surface area contributed by atoms with Gasteiger partial charge in [0.1, 0.15) is 0 Å². The van der Waals surface area contributed by atoms with Crippen LogP contribution in [0.2, 0.25) is 0 Å². The van der Waals surface area contributed by atoms with E-state index in [2.05, 4.69) is 77.8 Å². The van der Waals surface area contributed by atoms with Gasteiger partial charge in [-0.2, -0.15) is 5.10 Å². The Morgan fingerprint density at radius 1 is 1.24 bits per heavy atom. The van der Waals surface area contributed by atoms with Crippen LogP contribution in [0.4, 0.5) is 0 Å². The van der Waals surface area contributed by atoms with Gasteiger partial charge in [0, 0.05) is 56.6 Å². The van der Waals surface area contributed by atoms with Crippen molar-refractivity contribution in [3.05, 3.63) is 53.9 Å². The molecule has 0 radical (unpaired) electrons. The molecule has 1 saturated heterocycles. The highest BCUT2D eigenvalue weighted by molar-refractivity contribution is 5.18. The Hall–Kier alpha value is -1.69. The maximum atomic E-state index is 4.32. The third-order valence-electron chi connectivity index (χ3n) is 5.38. The second kappa shape index (κ2) is 8.13. The van der Waals surface area contributed by atoms with Crippen molar-refractivity contribution in [2.24, 2.45) is 7.05 Å². The lowest BCUT2D eigenvalue weighted by Gasteiger charge is -2.27. The van der Waals surface area contributed by atoms with E-state index in [1.807, 2.05) is 17.9 Å². The first kappa shape index (κ1) is 18.1. The topological polar surface area (TPSA) is 36.3 Å². The zero-order chi connectivity index (χ0) is 17.8. The number of hydrogen-bond acceptors (Lipinski definition) is 4. The molecule has 0 bridgehead atoms.